The summed E-state index contributed by atoms with van der Waals surface area (Å²) in [4.78, 5) is 20.7. The Kier molecular flexibility index (Phi) is 6.45. The van der Waals surface area contributed by atoms with Gasteiger partial charge >= 0.3 is 11.9 Å². The van der Waals surface area contributed by atoms with Crippen molar-refractivity contribution in [2.24, 2.45) is 0 Å². The average molecular weight is 200 g/mol. The van der Waals surface area contributed by atoms with E-state index in [1.165, 1.54) is 0 Å². The number of carboxylic acid groups (broad SMARTS) is 2. The summed E-state index contributed by atoms with van der Waals surface area (Å²) in [6.45, 7) is 1.70. The smallest absolute Gasteiger partial charge is 0.331 e. The molecule has 0 aliphatic rings. The molecule has 0 saturated carbocycles. The minimum atomic E-state index is -0.884. The maximum absolute atomic E-state index is 10.5. The Morgan fingerprint density at radius 1 is 1.07 bits per heavy atom. The highest BCUT2D eigenvalue weighted by molar-refractivity contribution is 5.86. The molecule has 0 spiro atoms. The summed E-state index contributed by atoms with van der Waals surface area (Å²) in [5, 5.41) is 17.0. The summed E-state index contributed by atoms with van der Waals surface area (Å²) in [6.07, 6.45) is 4.38. The summed E-state index contributed by atoms with van der Waals surface area (Å²) >= 11 is 0. The van der Waals surface area contributed by atoms with Crippen molar-refractivity contribution in [3.8, 4) is 0 Å². The van der Waals surface area contributed by atoms with E-state index in [1.807, 2.05) is 0 Å². The number of unbranched alkanes of at least 4 members (excludes halogenated alkanes) is 2. The summed E-state index contributed by atoms with van der Waals surface area (Å²) in [5.74, 6) is -1.68. The lowest BCUT2D eigenvalue weighted by Crippen LogP contribution is -2.00. The highest BCUT2D eigenvalue weighted by atomic mass is 16.4. The minimum Gasteiger partial charge on any atom is -0.481 e. The van der Waals surface area contributed by atoms with Crippen molar-refractivity contribution in [2.45, 2.75) is 39.0 Å². The lowest BCUT2D eigenvalue weighted by atomic mass is 10.1. The van der Waals surface area contributed by atoms with Crippen molar-refractivity contribution in [3.63, 3.8) is 0 Å². The second-order valence-corrected chi connectivity index (χ2v) is 3.07. The van der Waals surface area contributed by atoms with Crippen LogP contribution in [0.25, 0.3) is 0 Å². The third-order valence-corrected chi connectivity index (χ3v) is 1.96. The van der Waals surface area contributed by atoms with Crippen LogP contribution in [0.15, 0.2) is 11.6 Å². The maximum Gasteiger partial charge on any atom is 0.331 e. The fourth-order valence-electron chi connectivity index (χ4n) is 1.14. The first-order chi connectivity index (χ1) is 6.57. The van der Waals surface area contributed by atoms with Gasteiger partial charge in [0.25, 0.3) is 0 Å². The van der Waals surface area contributed by atoms with E-state index >= 15 is 0 Å². The van der Waals surface area contributed by atoms with E-state index in [9.17, 15) is 9.59 Å². The molecule has 4 heteroatoms. The van der Waals surface area contributed by atoms with Gasteiger partial charge in [0, 0.05) is 12.0 Å². The summed E-state index contributed by atoms with van der Waals surface area (Å²) in [5.41, 5.74) is 0.403. The fourth-order valence-corrected chi connectivity index (χ4v) is 1.14. The lowest BCUT2D eigenvalue weighted by Gasteiger charge is -2.00. The summed E-state index contributed by atoms with van der Waals surface area (Å²) < 4.78 is 0. The third kappa shape index (κ3) is 6.22. The third-order valence-electron chi connectivity index (χ3n) is 1.96. The Labute approximate surface area is 83.2 Å². The van der Waals surface area contributed by atoms with Crippen molar-refractivity contribution in [2.75, 3.05) is 0 Å². The Bertz CT molecular complexity index is 230. The fraction of sp³-hybridized carbons (Fsp3) is 0.600. The first kappa shape index (κ1) is 12.7. The molecular formula is C10H16O4. The Balaban J connectivity index is 3.53. The number of hydrogen-bond acceptors (Lipinski definition) is 2. The van der Waals surface area contributed by atoms with Crippen LogP contribution in [0.2, 0.25) is 0 Å². The van der Waals surface area contributed by atoms with Gasteiger partial charge < -0.3 is 10.2 Å². The number of carbonyl (C=O) groups is 2. The molecule has 0 aromatic rings. The van der Waals surface area contributed by atoms with Gasteiger partial charge in [0.2, 0.25) is 0 Å². The number of hydrogen-bond donors (Lipinski definition) is 2. The topological polar surface area (TPSA) is 74.6 Å². The lowest BCUT2D eigenvalue weighted by molar-refractivity contribution is -0.137. The monoisotopic (exact) mass is 200 g/mol. The van der Waals surface area contributed by atoms with Crippen LogP contribution < -0.4 is 0 Å². The van der Waals surface area contributed by atoms with E-state index in [0.717, 1.165) is 12.8 Å². The largest absolute Gasteiger partial charge is 0.481 e. The molecule has 4 nitrogen and oxygen atoms in total. The zero-order valence-corrected chi connectivity index (χ0v) is 8.32. The number of rotatable bonds is 7. The van der Waals surface area contributed by atoms with Crippen LogP contribution in [-0.2, 0) is 9.59 Å². The second kappa shape index (κ2) is 7.12. The van der Waals surface area contributed by atoms with Crippen molar-refractivity contribution in [1.29, 1.82) is 0 Å². The van der Waals surface area contributed by atoms with Crippen molar-refractivity contribution in [3.05, 3.63) is 11.6 Å². The van der Waals surface area contributed by atoms with Crippen LogP contribution in [-0.4, -0.2) is 22.2 Å². The molecule has 0 aliphatic heterocycles. The quantitative estimate of drug-likeness (QED) is 0.487. The minimum absolute atomic E-state index is 0.165. The van der Waals surface area contributed by atoms with Crippen LogP contribution in [0.4, 0.5) is 0 Å². The Hall–Kier alpha value is -1.32. The highest BCUT2D eigenvalue weighted by Gasteiger charge is 2.05. The molecule has 0 amide bonds. The molecule has 0 aliphatic carbocycles. The maximum atomic E-state index is 10.5. The van der Waals surface area contributed by atoms with E-state index in [0.29, 0.717) is 18.4 Å². The van der Waals surface area contributed by atoms with Crippen LogP contribution in [0.5, 0.6) is 0 Å². The molecule has 2 N–H and O–H groups in total. The Morgan fingerprint density at radius 3 is 2.07 bits per heavy atom. The van der Waals surface area contributed by atoms with E-state index < -0.39 is 11.9 Å². The summed E-state index contributed by atoms with van der Waals surface area (Å²) in [7, 11) is 0. The first-order valence-electron chi connectivity index (χ1n) is 4.68. The van der Waals surface area contributed by atoms with Gasteiger partial charge in [-0.05, 0) is 26.2 Å². The van der Waals surface area contributed by atoms with Crippen LogP contribution in [0.1, 0.15) is 39.0 Å². The molecule has 0 bridgehead atoms. The summed E-state index contributed by atoms with van der Waals surface area (Å²) in [6, 6.07) is 0. The van der Waals surface area contributed by atoms with Crippen molar-refractivity contribution < 1.29 is 19.8 Å². The van der Waals surface area contributed by atoms with Crippen molar-refractivity contribution in [1.82, 2.24) is 0 Å². The standard InChI is InChI=1S/C10H16O4/c1-2-8(10(13)14)6-4-3-5-7-9(11)12/h2H,3-7H2,1H3,(H,11,12)(H,13,14)/b8-2+. The van der Waals surface area contributed by atoms with Gasteiger partial charge in [-0.3, -0.25) is 4.79 Å². The number of aliphatic carboxylic acids is 2. The van der Waals surface area contributed by atoms with Crippen LogP contribution in [0, 0.1) is 0 Å². The van der Waals surface area contributed by atoms with Gasteiger partial charge in [0.1, 0.15) is 0 Å². The molecule has 0 heterocycles. The van der Waals surface area contributed by atoms with Crippen LogP contribution in [0.3, 0.4) is 0 Å². The Morgan fingerprint density at radius 2 is 1.64 bits per heavy atom. The molecule has 0 fully saturated rings. The van der Waals surface area contributed by atoms with Gasteiger partial charge in [-0.1, -0.05) is 12.5 Å². The highest BCUT2D eigenvalue weighted by Crippen LogP contribution is 2.10. The van der Waals surface area contributed by atoms with Gasteiger partial charge in [-0.25, -0.2) is 4.79 Å². The van der Waals surface area contributed by atoms with E-state index in [1.54, 1.807) is 13.0 Å². The SMILES string of the molecule is C/C=C(\CCCCCC(=O)O)C(=O)O. The van der Waals surface area contributed by atoms with E-state index in [2.05, 4.69) is 0 Å². The molecule has 0 rings (SSSR count). The molecule has 0 unspecified atom stereocenters. The number of allylic oxidation sites excluding steroid dienone is 1. The van der Waals surface area contributed by atoms with Crippen LogP contribution >= 0.6 is 0 Å². The van der Waals surface area contributed by atoms with E-state index in [4.69, 9.17) is 10.2 Å². The second-order valence-electron chi connectivity index (χ2n) is 3.07. The molecular weight excluding hydrogens is 184 g/mol. The van der Waals surface area contributed by atoms with Gasteiger partial charge in [0.15, 0.2) is 0 Å². The molecule has 0 aromatic carbocycles. The van der Waals surface area contributed by atoms with Gasteiger partial charge in [-0.15, -0.1) is 0 Å². The predicted octanol–water partition coefficient (Wildman–Crippen LogP) is 2.05. The van der Waals surface area contributed by atoms with Gasteiger partial charge in [0.05, 0.1) is 0 Å². The predicted molar refractivity (Wildman–Crippen MR) is 52.1 cm³/mol. The normalized spacial score (nSPS) is 11.4. The molecule has 0 atom stereocenters. The zero-order chi connectivity index (χ0) is 11.0. The molecule has 0 aromatic heterocycles. The molecule has 0 radical (unpaired) electrons. The molecule has 0 saturated heterocycles. The van der Waals surface area contributed by atoms with E-state index in [-0.39, 0.29) is 6.42 Å². The number of carboxylic acids is 2. The molecule has 80 valence electrons. The van der Waals surface area contributed by atoms with Gasteiger partial charge in [-0.2, -0.15) is 0 Å². The zero-order valence-electron chi connectivity index (χ0n) is 8.32. The average Bonchev–Trinajstić information content (AvgIpc) is 2.10. The van der Waals surface area contributed by atoms with Crippen molar-refractivity contribution >= 4 is 11.9 Å². The first-order valence-corrected chi connectivity index (χ1v) is 4.68. The molecule has 14 heavy (non-hydrogen) atoms.